The van der Waals surface area contributed by atoms with Crippen LogP contribution in [0.5, 0.6) is 0 Å². The van der Waals surface area contributed by atoms with Gasteiger partial charge in [-0.15, -0.1) is 10.2 Å². The van der Waals surface area contributed by atoms with Gasteiger partial charge in [0.1, 0.15) is 12.1 Å². The average Bonchev–Trinajstić information content (AvgIpc) is 3.15. The van der Waals surface area contributed by atoms with Gasteiger partial charge in [-0.3, -0.25) is 9.59 Å². The van der Waals surface area contributed by atoms with Gasteiger partial charge < -0.3 is 15.7 Å². The van der Waals surface area contributed by atoms with Crippen molar-refractivity contribution in [3.8, 4) is 11.4 Å². The number of hydrogen-bond acceptors (Lipinski definition) is 6. The number of benzene rings is 1. The highest BCUT2D eigenvalue weighted by Gasteiger charge is 2.23. The molecule has 2 atom stereocenters. The zero-order valence-corrected chi connectivity index (χ0v) is 16.0. The number of tetrazole rings is 1. The van der Waals surface area contributed by atoms with Crippen molar-refractivity contribution in [2.24, 2.45) is 5.92 Å². The van der Waals surface area contributed by atoms with Gasteiger partial charge in [0, 0.05) is 5.56 Å². The van der Waals surface area contributed by atoms with Crippen LogP contribution in [0.15, 0.2) is 30.3 Å². The molecular weight excluding hydrogens is 364 g/mol. The van der Waals surface area contributed by atoms with Gasteiger partial charge in [0.2, 0.25) is 17.6 Å². The first-order valence-electron chi connectivity index (χ1n) is 8.92. The Morgan fingerprint density at radius 2 is 1.82 bits per heavy atom. The van der Waals surface area contributed by atoms with E-state index in [1.165, 1.54) is 0 Å². The molecule has 1 heterocycles. The lowest BCUT2D eigenvalue weighted by molar-refractivity contribution is -0.142. The SMILES string of the molecule is CC(C)C[C@H](NC(=O)CNC(=O)C(C)n1nnc(-c2ccccc2)n1)C(=O)O. The number of rotatable bonds is 9. The normalized spacial score (nSPS) is 13.0. The van der Waals surface area contributed by atoms with Crippen molar-refractivity contribution in [2.75, 3.05) is 6.54 Å². The molecule has 0 bridgehead atoms. The van der Waals surface area contributed by atoms with E-state index in [0.29, 0.717) is 12.2 Å². The minimum Gasteiger partial charge on any atom is -0.480 e. The lowest BCUT2D eigenvalue weighted by Gasteiger charge is -2.17. The van der Waals surface area contributed by atoms with E-state index in [-0.39, 0.29) is 12.5 Å². The molecule has 28 heavy (non-hydrogen) atoms. The van der Waals surface area contributed by atoms with Crippen LogP contribution in [0.2, 0.25) is 0 Å². The summed E-state index contributed by atoms with van der Waals surface area (Å²) in [7, 11) is 0. The number of hydrogen-bond donors (Lipinski definition) is 3. The molecule has 0 saturated heterocycles. The highest BCUT2D eigenvalue weighted by Crippen LogP contribution is 2.13. The van der Waals surface area contributed by atoms with E-state index in [4.69, 9.17) is 5.11 Å². The Labute approximate surface area is 162 Å². The summed E-state index contributed by atoms with van der Waals surface area (Å²) in [5.74, 6) is -1.68. The van der Waals surface area contributed by atoms with Gasteiger partial charge in [-0.2, -0.15) is 4.80 Å². The maximum absolute atomic E-state index is 12.3. The molecule has 150 valence electrons. The van der Waals surface area contributed by atoms with Crippen LogP contribution in [0.3, 0.4) is 0 Å². The molecule has 0 spiro atoms. The molecule has 0 aliphatic carbocycles. The first-order chi connectivity index (χ1) is 13.3. The van der Waals surface area contributed by atoms with Gasteiger partial charge in [0.15, 0.2) is 0 Å². The molecule has 3 N–H and O–H groups in total. The second kappa shape index (κ2) is 9.58. The molecule has 10 heteroatoms. The third-order valence-electron chi connectivity index (χ3n) is 3.95. The molecule has 2 amide bonds. The zero-order chi connectivity index (χ0) is 20.7. The summed E-state index contributed by atoms with van der Waals surface area (Å²) in [6.45, 7) is 4.95. The number of nitrogens with one attached hydrogen (secondary N) is 2. The number of aliphatic carboxylic acids is 1. The van der Waals surface area contributed by atoms with Gasteiger partial charge in [-0.25, -0.2) is 4.79 Å². The number of carbonyl (C=O) groups is 3. The van der Waals surface area contributed by atoms with E-state index in [1.54, 1.807) is 6.92 Å². The average molecular weight is 388 g/mol. The first-order valence-corrected chi connectivity index (χ1v) is 8.92. The van der Waals surface area contributed by atoms with Crippen LogP contribution in [-0.4, -0.2) is 55.7 Å². The summed E-state index contributed by atoms with van der Waals surface area (Å²) >= 11 is 0. The fraction of sp³-hybridized carbons (Fsp3) is 0.444. The summed E-state index contributed by atoms with van der Waals surface area (Å²) in [4.78, 5) is 36.6. The van der Waals surface area contributed by atoms with Crippen molar-refractivity contribution in [1.29, 1.82) is 0 Å². The number of aromatic nitrogens is 4. The molecular formula is C18H24N6O4. The number of nitrogens with zero attached hydrogens (tertiary/aromatic N) is 4. The van der Waals surface area contributed by atoms with E-state index >= 15 is 0 Å². The molecule has 0 saturated carbocycles. The second-order valence-electron chi connectivity index (χ2n) is 6.78. The van der Waals surface area contributed by atoms with Crippen molar-refractivity contribution in [3.63, 3.8) is 0 Å². The van der Waals surface area contributed by atoms with Crippen molar-refractivity contribution in [1.82, 2.24) is 30.8 Å². The third-order valence-corrected chi connectivity index (χ3v) is 3.95. The zero-order valence-electron chi connectivity index (χ0n) is 16.0. The number of carboxylic acids is 1. The minimum atomic E-state index is -1.11. The Balaban J connectivity index is 1.89. The van der Waals surface area contributed by atoms with Gasteiger partial charge in [-0.1, -0.05) is 44.2 Å². The lowest BCUT2D eigenvalue weighted by Crippen LogP contribution is -2.46. The molecule has 1 aromatic heterocycles. The van der Waals surface area contributed by atoms with Gasteiger partial charge in [0.05, 0.1) is 6.54 Å². The smallest absolute Gasteiger partial charge is 0.326 e. The van der Waals surface area contributed by atoms with Crippen molar-refractivity contribution in [2.45, 2.75) is 39.3 Å². The van der Waals surface area contributed by atoms with Crippen molar-refractivity contribution >= 4 is 17.8 Å². The van der Waals surface area contributed by atoms with Crippen LogP contribution in [0, 0.1) is 5.92 Å². The highest BCUT2D eigenvalue weighted by atomic mass is 16.4. The monoisotopic (exact) mass is 388 g/mol. The molecule has 0 radical (unpaired) electrons. The Morgan fingerprint density at radius 1 is 1.14 bits per heavy atom. The van der Waals surface area contributed by atoms with Crippen LogP contribution in [-0.2, 0) is 14.4 Å². The molecule has 0 aliphatic rings. The lowest BCUT2D eigenvalue weighted by atomic mass is 10.0. The predicted molar refractivity (Wildman–Crippen MR) is 100.0 cm³/mol. The molecule has 0 fully saturated rings. The largest absolute Gasteiger partial charge is 0.480 e. The predicted octanol–water partition coefficient (Wildman–Crippen LogP) is 0.633. The molecule has 0 aliphatic heterocycles. The number of carboxylic acid groups (broad SMARTS) is 1. The maximum atomic E-state index is 12.3. The highest BCUT2D eigenvalue weighted by molar-refractivity contribution is 5.88. The van der Waals surface area contributed by atoms with Crippen LogP contribution >= 0.6 is 0 Å². The minimum absolute atomic E-state index is 0.105. The van der Waals surface area contributed by atoms with Crippen LogP contribution in [0.1, 0.15) is 33.2 Å². The summed E-state index contributed by atoms with van der Waals surface area (Å²) in [6.07, 6.45) is 0.302. The molecule has 2 aromatic rings. The number of amides is 2. The third kappa shape index (κ3) is 5.86. The van der Waals surface area contributed by atoms with E-state index in [2.05, 4.69) is 26.0 Å². The van der Waals surface area contributed by atoms with Crippen molar-refractivity contribution < 1.29 is 19.5 Å². The Morgan fingerprint density at radius 3 is 2.43 bits per heavy atom. The molecule has 1 unspecified atom stereocenters. The Hall–Kier alpha value is -3.30. The van der Waals surface area contributed by atoms with Crippen LogP contribution in [0.25, 0.3) is 11.4 Å². The van der Waals surface area contributed by atoms with Crippen molar-refractivity contribution in [3.05, 3.63) is 30.3 Å². The summed E-state index contributed by atoms with van der Waals surface area (Å²) in [5, 5.41) is 26.0. The number of carbonyl (C=O) groups excluding carboxylic acids is 2. The Kier molecular flexibility index (Phi) is 7.19. The molecule has 1 aromatic carbocycles. The quantitative estimate of drug-likeness (QED) is 0.572. The van der Waals surface area contributed by atoms with E-state index < -0.39 is 29.9 Å². The van der Waals surface area contributed by atoms with Crippen LogP contribution < -0.4 is 10.6 Å². The van der Waals surface area contributed by atoms with Crippen LogP contribution in [0.4, 0.5) is 0 Å². The second-order valence-corrected chi connectivity index (χ2v) is 6.78. The fourth-order valence-electron chi connectivity index (χ4n) is 2.45. The maximum Gasteiger partial charge on any atom is 0.326 e. The molecule has 10 nitrogen and oxygen atoms in total. The first kappa shape index (κ1) is 21.0. The molecule has 2 rings (SSSR count). The fourth-order valence-corrected chi connectivity index (χ4v) is 2.45. The summed E-state index contributed by atoms with van der Waals surface area (Å²) < 4.78 is 0. The van der Waals surface area contributed by atoms with E-state index in [9.17, 15) is 14.4 Å². The van der Waals surface area contributed by atoms with Gasteiger partial charge >= 0.3 is 5.97 Å². The topological polar surface area (TPSA) is 139 Å². The van der Waals surface area contributed by atoms with E-state index in [0.717, 1.165) is 10.4 Å². The van der Waals surface area contributed by atoms with E-state index in [1.807, 2.05) is 44.2 Å². The standard InChI is InChI=1S/C18H24N6O4/c1-11(2)9-14(18(27)28)20-15(25)10-19-17(26)12(3)24-22-16(21-23-24)13-7-5-4-6-8-13/h4-8,11-12,14H,9-10H2,1-3H3,(H,19,26)(H,20,25)(H,27,28)/t12?,14-/m0/s1. The summed E-state index contributed by atoms with van der Waals surface area (Å²) in [5.41, 5.74) is 0.769. The summed E-state index contributed by atoms with van der Waals surface area (Å²) in [6, 6.07) is 7.42. The van der Waals surface area contributed by atoms with Gasteiger partial charge in [-0.05, 0) is 24.5 Å². The Bertz CT molecular complexity index is 820. The van der Waals surface area contributed by atoms with Gasteiger partial charge in [0.25, 0.3) is 0 Å².